The lowest BCUT2D eigenvalue weighted by atomic mass is 10.0. The van der Waals surface area contributed by atoms with Crippen LogP contribution in [0.4, 0.5) is 0 Å². The molecule has 0 saturated heterocycles. The normalized spacial score (nSPS) is 10.2. The first-order chi connectivity index (χ1) is 8.24. The predicted molar refractivity (Wildman–Crippen MR) is 75.7 cm³/mol. The molecule has 0 atom stereocenters. The van der Waals surface area contributed by atoms with Crippen LogP contribution in [0.25, 0.3) is 21.5 Å². The zero-order valence-corrected chi connectivity index (χ0v) is 10.3. The van der Waals surface area contributed by atoms with Crippen molar-refractivity contribution in [1.29, 1.82) is 0 Å². The van der Waals surface area contributed by atoms with Crippen molar-refractivity contribution in [2.24, 2.45) is 0 Å². The Morgan fingerprint density at radius 2 is 1.33 bits per heavy atom. The first kappa shape index (κ1) is 12.4. The Kier molecular flexibility index (Phi) is 3.21. The van der Waals surface area contributed by atoms with E-state index in [1.54, 1.807) is 12.1 Å². The molecule has 3 heteroatoms. The summed E-state index contributed by atoms with van der Waals surface area (Å²) in [4.78, 5) is 10.9. The second kappa shape index (κ2) is 4.67. The predicted octanol–water partition coefficient (Wildman–Crippen LogP) is 4.11. The first-order valence-corrected chi connectivity index (χ1v) is 5.40. The minimum Gasteiger partial charge on any atom is -0.478 e. The van der Waals surface area contributed by atoms with Crippen molar-refractivity contribution >= 4 is 39.9 Å². The van der Waals surface area contributed by atoms with E-state index in [0.717, 1.165) is 16.2 Å². The zero-order valence-electron chi connectivity index (χ0n) is 9.46. The fourth-order valence-electron chi connectivity index (χ4n) is 2.07. The molecule has 0 amide bonds. The van der Waals surface area contributed by atoms with E-state index in [2.05, 4.69) is 12.1 Å². The molecule has 2 nitrogen and oxygen atoms in total. The Hall–Kier alpha value is -2.06. The summed E-state index contributed by atoms with van der Waals surface area (Å²) in [5, 5.41) is 13.3. The van der Waals surface area contributed by atoms with Crippen LogP contribution in [-0.4, -0.2) is 11.1 Å². The molecule has 0 aliphatic heterocycles. The molecular formula is C15H11ClO2. The smallest absolute Gasteiger partial charge is 0.335 e. The fraction of sp³-hybridized carbons (Fsp3) is 0. The summed E-state index contributed by atoms with van der Waals surface area (Å²) in [7, 11) is 0. The van der Waals surface area contributed by atoms with Gasteiger partial charge in [-0.15, -0.1) is 12.4 Å². The van der Waals surface area contributed by atoms with Gasteiger partial charge in [-0.05, 0) is 45.8 Å². The van der Waals surface area contributed by atoms with Crippen molar-refractivity contribution in [2.45, 2.75) is 0 Å². The minimum atomic E-state index is -0.889. The molecule has 3 aromatic carbocycles. The molecule has 0 aliphatic rings. The number of rotatable bonds is 1. The van der Waals surface area contributed by atoms with Crippen LogP contribution in [0.3, 0.4) is 0 Å². The molecule has 0 saturated carbocycles. The molecule has 3 aromatic rings. The monoisotopic (exact) mass is 258 g/mol. The third-order valence-corrected chi connectivity index (χ3v) is 2.95. The Balaban J connectivity index is 0.00000120. The first-order valence-electron chi connectivity index (χ1n) is 5.40. The van der Waals surface area contributed by atoms with Crippen LogP contribution in [0, 0.1) is 0 Å². The van der Waals surface area contributed by atoms with Crippen LogP contribution in [-0.2, 0) is 0 Å². The topological polar surface area (TPSA) is 37.3 Å². The fourth-order valence-corrected chi connectivity index (χ4v) is 2.07. The van der Waals surface area contributed by atoms with E-state index in [1.165, 1.54) is 5.39 Å². The van der Waals surface area contributed by atoms with Gasteiger partial charge in [0.1, 0.15) is 0 Å². The molecule has 0 bridgehead atoms. The second-order valence-electron chi connectivity index (χ2n) is 4.07. The molecule has 90 valence electrons. The van der Waals surface area contributed by atoms with Crippen molar-refractivity contribution in [3.05, 3.63) is 60.2 Å². The highest BCUT2D eigenvalue weighted by molar-refractivity contribution is 6.01. The number of carboxylic acids is 1. The van der Waals surface area contributed by atoms with Crippen LogP contribution in [0.2, 0.25) is 0 Å². The number of hydrogen-bond acceptors (Lipinski definition) is 1. The van der Waals surface area contributed by atoms with E-state index >= 15 is 0 Å². The zero-order chi connectivity index (χ0) is 11.8. The number of carbonyl (C=O) groups is 1. The Bertz CT molecular complexity index is 735. The third-order valence-electron chi connectivity index (χ3n) is 2.95. The molecule has 0 aliphatic carbocycles. The largest absolute Gasteiger partial charge is 0.478 e. The highest BCUT2D eigenvalue weighted by Gasteiger charge is 2.04. The highest BCUT2D eigenvalue weighted by atomic mass is 35.5. The van der Waals surface area contributed by atoms with Gasteiger partial charge in [0.25, 0.3) is 0 Å². The minimum absolute atomic E-state index is 0. The van der Waals surface area contributed by atoms with Gasteiger partial charge in [0.2, 0.25) is 0 Å². The maximum Gasteiger partial charge on any atom is 0.335 e. The van der Waals surface area contributed by atoms with E-state index in [-0.39, 0.29) is 12.4 Å². The summed E-state index contributed by atoms with van der Waals surface area (Å²) in [5.74, 6) is -0.889. The van der Waals surface area contributed by atoms with Gasteiger partial charge in [0.15, 0.2) is 0 Å². The van der Waals surface area contributed by atoms with Crippen LogP contribution in [0.5, 0.6) is 0 Å². The number of halogens is 1. The van der Waals surface area contributed by atoms with Gasteiger partial charge < -0.3 is 5.11 Å². The molecule has 3 rings (SSSR count). The van der Waals surface area contributed by atoms with Gasteiger partial charge in [-0.25, -0.2) is 4.79 Å². The van der Waals surface area contributed by atoms with E-state index in [9.17, 15) is 4.79 Å². The van der Waals surface area contributed by atoms with Crippen molar-refractivity contribution in [2.75, 3.05) is 0 Å². The summed E-state index contributed by atoms with van der Waals surface area (Å²) < 4.78 is 0. The average molecular weight is 259 g/mol. The molecule has 0 fully saturated rings. The SMILES string of the molecule is Cl.O=C(O)c1ccc2cc3ccccc3cc2c1. The van der Waals surface area contributed by atoms with Gasteiger partial charge in [-0.2, -0.15) is 0 Å². The number of fused-ring (bicyclic) bond motifs is 2. The summed E-state index contributed by atoms with van der Waals surface area (Å²) in [6.07, 6.45) is 0. The van der Waals surface area contributed by atoms with Crippen LogP contribution >= 0.6 is 12.4 Å². The Labute approximate surface area is 110 Å². The van der Waals surface area contributed by atoms with E-state index in [0.29, 0.717) is 5.56 Å². The Morgan fingerprint density at radius 1 is 0.778 bits per heavy atom. The summed E-state index contributed by atoms with van der Waals surface area (Å²) in [6.45, 7) is 0. The molecule has 0 unspecified atom stereocenters. The van der Waals surface area contributed by atoms with Crippen LogP contribution in [0.1, 0.15) is 10.4 Å². The summed E-state index contributed by atoms with van der Waals surface area (Å²) >= 11 is 0. The number of hydrogen-bond donors (Lipinski definition) is 1. The highest BCUT2D eigenvalue weighted by Crippen LogP contribution is 2.23. The second-order valence-corrected chi connectivity index (χ2v) is 4.07. The maximum absolute atomic E-state index is 10.9. The summed E-state index contributed by atoms with van der Waals surface area (Å²) in [5.41, 5.74) is 0.327. The average Bonchev–Trinajstić information content (AvgIpc) is 2.35. The van der Waals surface area contributed by atoms with Gasteiger partial charge in [0, 0.05) is 0 Å². The molecule has 0 heterocycles. The molecule has 0 spiro atoms. The van der Waals surface area contributed by atoms with Crippen molar-refractivity contribution < 1.29 is 9.90 Å². The number of carboxylic acid groups (broad SMARTS) is 1. The maximum atomic E-state index is 10.9. The Morgan fingerprint density at radius 3 is 1.94 bits per heavy atom. The third kappa shape index (κ3) is 2.03. The number of aromatic carboxylic acids is 1. The van der Waals surface area contributed by atoms with Crippen LogP contribution in [0.15, 0.2) is 54.6 Å². The molecule has 0 aromatic heterocycles. The molecule has 18 heavy (non-hydrogen) atoms. The lowest BCUT2D eigenvalue weighted by Crippen LogP contribution is -1.95. The van der Waals surface area contributed by atoms with Crippen molar-refractivity contribution in [3.63, 3.8) is 0 Å². The van der Waals surface area contributed by atoms with Crippen molar-refractivity contribution in [3.8, 4) is 0 Å². The molecule has 0 radical (unpaired) electrons. The lowest BCUT2D eigenvalue weighted by Gasteiger charge is -2.03. The van der Waals surface area contributed by atoms with Crippen molar-refractivity contribution in [1.82, 2.24) is 0 Å². The summed E-state index contributed by atoms with van der Waals surface area (Å²) in [6, 6.07) is 17.4. The van der Waals surface area contributed by atoms with Crippen LogP contribution < -0.4 is 0 Å². The van der Waals surface area contributed by atoms with Gasteiger partial charge in [-0.1, -0.05) is 30.3 Å². The van der Waals surface area contributed by atoms with Gasteiger partial charge in [-0.3, -0.25) is 0 Å². The lowest BCUT2D eigenvalue weighted by molar-refractivity contribution is 0.0697. The standard InChI is InChI=1S/C15H10O2.ClH/c16-15(17)13-6-5-12-7-10-3-1-2-4-11(10)8-14(12)9-13;/h1-9H,(H,16,17);1H. The van der Waals surface area contributed by atoms with E-state index in [4.69, 9.17) is 5.11 Å². The van der Waals surface area contributed by atoms with E-state index < -0.39 is 5.97 Å². The molecular weight excluding hydrogens is 248 g/mol. The number of benzene rings is 3. The van der Waals surface area contributed by atoms with Gasteiger partial charge >= 0.3 is 5.97 Å². The molecule has 1 N–H and O–H groups in total. The van der Waals surface area contributed by atoms with Gasteiger partial charge in [0.05, 0.1) is 5.56 Å². The quantitative estimate of drug-likeness (QED) is 0.667. The van der Waals surface area contributed by atoms with E-state index in [1.807, 2.05) is 30.3 Å².